The number of imidazole rings is 1. The van der Waals surface area contributed by atoms with Crippen LogP contribution in [-0.2, 0) is 6.61 Å². The molecular formula is C14H13ClN2O3. The van der Waals surface area contributed by atoms with Crippen LogP contribution in [0.3, 0.4) is 0 Å². The molecule has 0 spiro atoms. The molecule has 3 rings (SSSR count). The summed E-state index contributed by atoms with van der Waals surface area (Å²) in [6.07, 6.45) is 5.85. The van der Waals surface area contributed by atoms with Gasteiger partial charge in [0.15, 0.2) is 0 Å². The van der Waals surface area contributed by atoms with E-state index in [1.54, 1.807) is 24.7 Å². The SMILES string of the molecule is O=C(O)c1cc(Cl)ccc1OCc1cncn1C1CC1. The number of hydrogen-bond acceptors (Lipinski definition) is 3. The highest BCUT2D eigenvalue weighted by molar-refractivity contribution is 6.31. The number of rotatable bonds is 5. The normalized spacial score (nSPS) is 14.2. The van der Waals surface area contributed by atoms with E-state index in [1.165, 1.54) is 6.07 Å². The van der Waals surface area contributed by atoms with Gasteiger partial charge < -0.3 is 14.4 Å². The van der Waals surface area contributed by atoms with Gasteiger partial charge in [-0.05, 0) is 31.0 Å². The fourth-order valence-electron chi connectivity index (χ4n) is 2.07. The quantitative estimate of drug-likeness (QED) is 0.919. The van der Waals surface area contributed by atoms with Gasteiger partial charge >= 0.3 is 5.97 Å². The molecular weight excluding hydrogens is 280 g/mol. The van der Waals surface area contributed by atoms with Crippen LogP contribution in [0.25, 0.3) is 0 Å². The second-order valence-corrected chi connectivity index (χ2v) is 5.19. The van der Waals surface area contributed by atoms with Crippen LogP contribution in [0.4, 0.5) is 0 Å². The Hall–Kier alpha value is -2.01. The van der Waals surface area contributed by atoms with Gasteiger partial charge in [0.05, 0.1) is 18.2 Å². The highest BCUT2D eigenvalue weighted by Gasteiger charge is 2.25. The lowest BCUT2D eigenvalue weighted by atomic mass is 10.2. The fraction of sp³-hybridized carbons (Fsp3) is 0.286. The van der Waals surface area contributed by atoms with Gasteiger partial charge in [0.2, 0.25) is 0 Å². The van der Waals surface area contributed by atoms with Crippen molar-refractivity contribution in [2.75, 3.05) is 0 Å². The zero-order valence-electron chi connectivity index (χ0n) is 10.6. The van der Waals surface area contributed by atoms with E-state index >= 15 is 0 Å². The van der Waals surface area contributed by atoms with Gasteiger partial charge in [-0.1, -0.05) is 11.6 Å². The van der Waals surface area contributed by atoms with Crippen molar-refractivity contribution in [3.63, 3.8) is 0 Å². The monoisotopic (exact) mass is 292 g/mol. The molecule has 1 heterocycles. The van der Waals surface area contributed by atoms with Crippen LogP contribution in [0.15, 0.2) is 30.7 Å². The maximum absolute atomic E-state index is 11.2. The van der Waals surface area contributed by atoms with Gasteiger partial charge in [-0.2, -0.15) is 0 Å². The third kappa shape index (κ3) is 2.63. The average molecular weight is 293 g/mol. The minimum atomic E-state index is -1.06. The molecule has 1 aliphatic carbocycles. The summed E-state index contributed by atoms with van der Waals surface area (Å²) in [5.41, 5.74) is 1.01. The van der Waals surface area contributed by atoms with Crippen molar-refractivity contribution >= 4 is 17.6 Å². The number of hydrogen-bond donors (Lipinski definition) is 1. The first-order chi connectivity index (χ1) is 9.65. The summed E-state index contributed by atoms with van der Waals surface area (Å²) in [5.74, 6) is -0.747. The second kappa shape index (κ2) is 5.17. The predicted octanol–water partition coefficient (Wildman–Crippen LogP) is 3.15. The van der Waals surface area contributed by atoms with Crippen molar-refractivity contribution in [3.8, 4) is 5.75 Å². The molecule has 1 aromatic carbocycles. The van der Waals surface area contributed by atoms with Crippen LogP contribution in [0.2, 0.25) is 5.02 Å². The molecule has 6 heteroatoms. The Kier molecular flexibility index (Phi) is 3.36. The van der Waals surface area contributed by atoms with E-state index in [1.807, 2.05) is 0 Å². The Morgan fingerprint density at radius 1 is 1.50 bits per heavy atom. The topological polar surface area (TPSA) is 64.3 Å². The van der Waals surface area contributed by atoms with Crippen molar-refractivity contribution < 1.29 is 14.6 Å². The average Bonchev–Trinajstić information content (AvgIpc) is 3.16. The molecule has 0 atom stereocenters. The molecule has 1 saturated carbocycles. The molecule has 0 aliphatic heterocycles. The Labute approximate surface area is 120 Å². The molecule has 1 N–H and O–H groups in total. The van der Waals surface area contributed by atoms with Gasteiger partial charge in [-0.15, -0.1) is 0 Å². The smallest absolute Gasteiger partial charge is 0.339 e. The van der Waals surface area contributed by atoms with Crippen LogP contribution < -0.4 is 4.74 Å². The number of aromatic nitrogens is 2. The van der Waals surface area contributed by atoms with Gasteiger partial charge in [0.1, 0.15) is 17.9 Å². The number of benzene rings is 1. The van der Waals surface area contributed by atoms with E-state index in [-0.39, 0.29) is 5.56 Å². The maximum atomic E-state index is 11.2. The number of carboxylic acids is 1. The van der Waals surface area contributed by atoms with E-state index in [0.29, 0.717) is 23.4 Å². The van der Waals surface area contributed by atoms with Crippen LogP contribution in [0.1, 0.15) is 34.9 Å². The minimum absolute atomic E-state index is 0.0648. The predicted molar refractivity (Wildman–Crippen MR) is 73.2 cm³/mol. The van der Waals surface area contributed by atoms with Crippen LogP contribution in [0, 0.1) is 0 Å². The van der Waals surface area contributed by atoms with Crippen molar-refractivity contribution in [1.29, 1.82) is 0 Å². The fourth-order valence-corrected chi connectivity index (χ4v) is 2.24. The number of carbonyl (C=O) groups is 1. The molecule has 0 radical (unpaired) electrons. The lowest BCUT2D eigenvalue weighted by Crippen LogP contribution is -2.06. The summed E-state index contributed by atoms with van der Waals surface area (Å²) in [7, 11) is 0. The van der Waals surface area contributed by atoms with Crippen molar-refractivity contribution in [1.82, 2.24) is 9.55 Å². The van der Waals surface area contributed by atoms with Gasteiger partial charge in [-0.3, -0.25) is 0 Å². The molecule has 20 heavy (non-hydrogen) atoms. The number of carboxylic acid groups (broad SMARTS) is 1. The zero-order chi connectivity index (χ0) is 14.1. The van der Waals surface area contributed by atoms with Crippen LogP contribution >= 0.6 is 11.6 Å². The second-order valence-electron chi connectivity index (χ2n) is 4.76. The summed E-state index contributed by atoms with van der Waals surface area (Å²) >= 11 is 5.80. The summed E-state index contributed by atoms with van der Waals surface area (Å²) in [6, 6.07) is 5.09. The standard InChI is InChI=1S/C14H13ClN2O3/c15-9-1-4-13(12(5-9)14(18)19)20-7-11-6-16-8-17(11)10-2-3-10/h1,4-6,8,10H,2-3,7H2,(H,18,19). The lowest BCUT2D eigenvalue weighted by Gasteiger charge is -2.11. The number of ether oxygens (including phenoxy) is 1. The zero-order valence-corrected chi connectivity index (χ0v) is 11.4. The molecule has 2 aromatic rings. The molecule has 0 amide bonds. The van der Waals surface area contributed by atoms with Crippen molar-refractivity contribution in [3.05, 3.63) is 47.0 Å². The van der Waals surface area contributed by atoms with Gasteiger partial charge in [0, 0.05) is 11.1 Å². The third-order valence-corrected chi connectivity index (χ3v) is 3.47. The van der Waals surface area contributed by atoms with Crippen LogP contribution in [0.5, 0.6) is 5.75 Å². The molecule has 1 fully saturated rings. The van der Waals surface area contributed by atoms with E-state index in [9.17, 15) is 4.79 Å². The molecule has 0 bridgehead atoms. The third-order valence-electron chi connectivity index (χ3n) is 3.23. The van der Waals surface area contributed by atoms with Gasteiger partial charge in [-0.25, -0.2) is 9.78 Å². The summed E-state index contributed by atoms with van der Waals surface area (Å²) < 4.78 is 7.70. The minimum Gasteiger partial charge on any atom is -0.486 e. The number of halogens is 1. The molecule has 0 saturated heterocycles. The Morgan fingerprint density at radius 3 is 3.00 bits per heavy atom. The van der Waals surface area contributed by atoms with Gasteiger partial charge in [0.25, 0.3) is 0 Å². The molecule has 0 unspecified atom stereocenters. The highest BCUT2D eigenvalue weighted by atomic mass is 35.5. The molecule has 104 valence electrons. The molecule has 1 aromatic heterocycles. The Bertz CT molecular complexity index is 650. The van der Waals surface area contributed by atoms with E-state index in [0.717, 1.165) is 18.5 Å². The summed E-state index contributed by atoms with van der Waals surface area (Å²) in [5, 5.41) is 9.52. The first-order valence-corrected chi connectivity index (χ1v) is 6.69. The van der Waals surface area contributed by atoms with E-state index in [4.69, 9.17) is 21.4 Å². The van der Waals surface area contributed by atoms with Crippen LogP contribution in [-0.4, -0.2) is 20.6 Å². The summed E-state index contributed by atoms with van der Waals surface area (Å²) in [6.45, 7) is 0.290. The first-order valence-electron chi connectivity index (χ1n) is 6.31. The molecule has 5 nitrogen and oxygen atoms in total. The van der Waals surface area contributed by atoms with E-state index < -0.39 is 5.97 Å². The largest absolute Gasteiger partial charge is 0.486 e. The number of aromatic carboxylic acids is 1. The lowest BCUT2D eigenvalue weighted by molar-refractivity contribution is 0.0691. The maximum Gasteiger partial charge on any atom is 0.339 e. The number of nitrogens with zero attached hydrogens (tertiary/aromatic N) is 2. The Balaban J connectivity index is 1.78. The van der Waals surface area contributed by atoms with Crippen molar-refractivity contribution in [2.24, 2.45) is 0 Å². The summed E-state index contributed by atoms with van der Waals surface area (Å²) in [4.78, 5) is 15.3. The van der Waals surface area contributed by atoms with E-state index in [2.05, 4.69) is 9.55 Å². The van der Waals surface area contributed by atoms with Crippen molar-refractivity contribution in [2.45, 2.75) is 25.5 Å². The Morgan fingerprint density at radius 2 is 2.30 bits per heavy atom. The highest BCUT2D eigenvalue weighted by Crippen LogP contribution is 2.36. The molecule has 1 aliphatic rings. The first kappa shape index (κ1) is 13.0.